The summed E-state index contributed by atoms with van der Waals surface area (Å²) in [5.74, 6) is 0.434. The number of benzene rings is 1. The molecule has 3 heterocycles. The van der Waals surface area contributed by atoms with Crippen LogP contribution in [-0.4, -0.2) is 59.2 Å². The number of rotatable bonds is 3. The Kier molecular flexibility index (Phi) is 4.71. The van der Waals surface area contributed by atoms with E-state index in [1.165, 1.54) is 11.3 Å². The van der Waals surface area contributed by atoms with Gasteiger partial charge in [-0.3, -0.25) is 0 Å². The van der Waals surface area contributed by atoms with Crippen LogP contribution in [0, 0.1) is 18.3 Å². The molecule has 0 unspecified atom stereocenters. The Morgan fingerprint density at radius 2 is 1.86 bits per heavy atom. The van der Waals surface area contributed by atoms with Crippen molar-refractivity contribution in [1.29, 1.82) is 5.26 Å². The van der Waals surface area contributed by atoms with Crippen LogP contribution in [0.25, 0.3) is 21.6 Å². The molecule has 1 N–H and O–H groups in total. The van der Waals surface area contributed by atoms with Gasteiger partial charge in [0.2, 0.25) is 0 Å². The van der Waals surface area contributed by atoms with Gasteiger partial charge in [0.25, 0.3) is 0 Å². The summed E-state index contributed by atoms with van der Waals surface area (Å²) in [6.45, 7) is 5.56. The van der Waals surface area contributed by atoms with Crippen LogP contribution < -0.4 is 4.90 Å². The number of anilines is 1. The van der Waals surface area contributed by atoms with Crippen molar-refractivity contribution in [2.24, 2.45) is 0 Å². The lowest BCUT2D eigenvalue weighted by Gasteiger charge is -2.33. The van der Waals surface area contributed by atoms with Gasteiger partial charge in [-0.2, -0.15) is 5.26 Å². The number of piperazine rings is 1. The fourth-order valence-electron chi connectivity index (χ4n) is 3.36. The molecule has 0 spiro atoms. The molecule has 0 amide bonds. The molecule has 0 radical (unpaired) electrons. The summed E-state index contributed by atoms with van der Waals surface area (Å²) < 4.78 is 0. The van der Waals surface area contributed by atoms with Crippen LogP contribution in [0.3, 0.4) is 0 Å². The molecular formula is C20H19N5O2S. The maximum absolute atomic E-state index is 11.1. The molecule has 0 aliphatic carbocycles. The molecule has 1 fully saturated rings. The van der Waals surface area contributed by atoms with Crippen molar-refractivity contribution in [2.45, 2.75) is 6.92 Å². The highest BCUT2D eigenvalue weighted by molar-refractivity contribution is 7.19. The number of likely N-dealkylation sites (N-methyl/N-ethyl adjacent to an activating group) is 1. The fourth-order valence-corrected chi connectivity index (χ4v) is 4.34. The number of fused-ring (bicyclic) bond motifs is 1. The van der Waals surface area contributed by atoms with Crippen LogP contribution in [0.4, 0.5) is 5.82 Å². The van der Waals surface area contributed by atoms with Crippen molar-refractivity contribution in [3.63, 3.8) is 0 Å². The first-order valence-electron chi connectivity index (χ1n) is 8.96. The van der Waals surface area contributed by atoms with E-state index >= 15 is 0 Å². The molecule has 4 rings (SSSR count). The molecule has 1 saturated heterocycles. The summed E-state index contributed by atoms with van der Waals surface area (Å²) >= 11 is 1.38. The highest BCUT2D eigenvalue weighted by atomic mass is 32.1. The number of carboxylic acids is 1. The summed E-state index contributed by atoms with van der Waals surface area (Å²) in [7, 11) is 2.10. The third kappa shape index (κ3) is 3.19. The van der Waals surface area contributed by atoms with Crippen LogP contribution in [0.5, 0.6) is 0 Å². The Labute approximate surface area is 166 Å². The van der Waals surface area contributed by atoms with Gasteiger partial charge in [0.05, 0.1) is 10.9 Å². The monoisotopic (exact) mass is 393 g/mol. The fraction of sp³-hybridized carbons (Fsp3) is 0.300. The lowest BCUT2D eigenvalue weighted by molar-refractivity contribution is 0.0697. The van der Waals surface area contributed by atoms with Crippen molar-refractivity contribution in [1.82, 2.24) is 14.9 Å². The minimum Gasteiger partial charge on any atom is -0.478 e. The van der Waals surface area contributed by atoms with Gasteiger partial charge in [0.1, 0.15) is 21.6 Å². The quantitative estimate of drug-likeness (QED) is 0.731. The molecule has 0 atom stereocenters. The smallest absolute Gasteiger partial charge is 0.335 e. The molecule has 7 nitrogen and oxygen atoms in total. The standard InChI is InChI=1S/C20H19N5O2S/c1-12-15(11-21)28-19-16(12)18(25-9-7-24(2)8-10-25)22-17(23-19)13-3-5-14(6-4-13)20(26)27/h3-6H,7-10H2,1-2H3,(H,26,27). The van der Waals surface area contributed by atoms with Crippen molar-refractivity contribution in [3.05, 3.63) is 40.3 Å². The highest BCUT2D eigenvalue weighted by Crippen LogP contribution is 2.37. The van der Waals surface area contributed by atoms with E-state index < -0.39 is 5.97 Å². The number of carbonyl (C=O) groups is 1. The topological polar surface area (TPSA) is 93.3 Å². The maximum atomic E-state index is 11.1. The Hall–Kier alpha value is -3.02. The van der Waals surface area contributed by atoms with Gasteiger partial charge >= 0.3 is 5.97 Å². The third-order valence-electron chi connectivity index (χ3n) is 5.07. The molecule has 1 aromatic carbocycles. The second-order valence-electron chi connectivity index (χ2n) is 6.89. The minimum atomic E-state index is -0.964. The number of hydrogen-bond donors (Lipinski definition) is 1. The van der Waals surface area contributed by atoms with Crippen LogP contribution in [0.2, 0.25) is 0 Å². The molecule has 2 aromatic heterocycles. The summed E-state index contributed by atoms with van der Waals surface area (Å²) in [5.41, 5.74) is 1.90. The predicted octanol–water partition coefficient (Wildman–Crippen LogP) is 2.99. The first kappa shape index (κ1) is 18.3. The number of thiophene rings is 1. The number of nitrogens with zero attached hydrogens (tertiary/aromatic N) is 5. The van der Waals surface area contributed by atoms with Crippen molar-refractivity contribution in [2.75, 3.05) is 38.1 Å². The average Bonchev–Trinajstić information content (AvgIpc) is 3.04. The first-order valence-corrected chi connectivity index (χ1v) is 9.78. The number of aryl methyl sites for hydroxylation is 1. The molecule has 1 aliphatic heterocycles. The van der Waals surface area contributed by atoms with Crippen LogP contribution in [0.1, 0.15) is 20.8 Å². The normalized spacial score (nSPS) is 15.0. The minimum absolute atomic E-state index is 0.225. The largest absolute Gasteiger partial charge is 0.478 e. The summed E-state index contributed by atoms with van der Waals surface area (Å²) in [6.07, 6.45) is 0. The second-order valence-corrected chi connectivity index (χ2v) is 7.89. The lowest BCUT2D eigenvalue weighted by Crippen LogP contribution is -2.45. The number of hydrogen-bond acceptors (Lipinski definition) is 7. The number of aromatic carboxylic acids is 1. The second kappa shape index (κ2) is 7.19. The van der Waals surface area contributed by atoms with Gasteiger partial charge < -0.3 is 14.9 Å². The Bertz CT molecular complexity index is 1090. The number of nitriles is 1. The van der Waals surface area contributed by atoms with Gasteiger partial charge in [-0.25, -0.2) is 14.8 Å². The van der Waals surface area contributed by atoms with Crippen LogP contribution in [-0.2, 0) is 0 Å². The molecule has 1 aliphatic rings. The SMILES string of the molecule is Cc1c(C#N)sc2nc(-c3ccc(C(=O)O)cc3)nc(N3CCN(C)CC3)c12. The maximum Gasteiger partial charge on any atom is 0.335 e. The molecule has 28 heavy (non-hydrogen) atoms. The van der Waals surface area contributed by atoms with E-state index in [9.17, 15) is 10.1 Å². The van der Waals surface area contributed by atoms with Crippen LogP contribution in [0.15, 0.2) is 24.3 Å². The van der Waals surface area contributed by atoms with E-state index in [0.717, 1.165) is 53.3 Å². The summed E-state index contributed by atoms with van der Waals surface area (Å²) in [5, 5.41) is 19.5. The zero-order chi connectivity index (χ0) is 19.8. The number of carboxylic acid groups (broad SMARTS) is 1. The molecular weight excluding hydrogens is 374 g/mol. The van der Waals surface area contributed by atoms with Crippen molar-refractivity contribution < 1.29 is 9.90 Å². The van der Waals surface area contributed by atoms with E-state index in [4.69, 9.17) is 15.1 Å². The van der Waals surface area contributed by atoms with Gasteiger partial charge in [-0.15, -0.1) is 11.3 Å². The van der Waals surface area contributed by atoms with Gasteiger partial charge in [0.15, 0.2) is 5.82 Å². The molecule has 3 aromatic rings. The van der Waals surface area contributed by atoms with E-state index in [1.54, 1.807) is 24.3 Å². The van der Waals surface area contributed by atoms with Crippen LogP contribution >= 0.6 is 11.3 Å². The first-order chi connectivity index (χ1) is 13.5. The summed E-state index contributed by atoms with van der Waals surface area (Å²) in [6, 6.07) is 8.83. The van der Waals surface area contributed by atoms with E-state index in [-0.39, 0.29) is 5.56 Å². The van der Waals surface area contributed by atoms with Crippen molar-refractivity contribution in [3.8, 4) is 17.5 Å². The van der Waals surface area contributed by atoms with E-state index in [2.05, 4.69) is 22.9 Å². The zero-order valence-corrected chi connectivity index (χ0v) is 16.5. The summed E-state index contributed by atoms with van der Waals surface area (Å²) in [4.78, 5) is 26.6. The molecule has 142 valence electrons. The van der Waals surface area contributed by atoms with Gasteiger partial charge in [-0.1, -0.05) is 12.1 Å². The Balaban J connectivity index is 1.86. The van der Waals surface area contributed by atoms with E-state index in [1.807, 2.05) is 6.92 Å². The lowest BCUT2D eigenvalue weighted by atomic mass is 10.1. The average molecular weight is 393 g/mol. The van der Waals surface area contributed by atoms with Crippen molar-refractivity contribution >= 4 is 33.3 Å². The molecule has 0 bridgehead atoms. The van der Waals surface area contributed by atoms with Gasteiger partial charge in [0, 0.05) is 31.7 Å². The third-order valence-corrected chi connectivity index (χ3v) is 6.16. The predicted molar refractivity (Wildman–Crippen MR) is 109 cm³/mol. The Morgan fingerprint density at radius 3 is 2.46 bits per heavy atom. The zero-order valence-electron chi connectivity index (χ0n) is 15.6. The van der Waals surface area contributed by atoms with Gasteiger partial charge in [-0.05, 0) is 31.7 Å². The van der Waals surface area contributed by atoms with E-state index in [0.29, 0.717) is 10.7 Å². The molecule has 0 saturated carbocycles. The highest BCUT2D eigenvalue weighted by Gasteiger charge is 2.23. The molecule has 8 heteroatoms. The Morgan fingerprint density at radius 1 is 1.18 bits per heavy atom. The number of aromatic nitrogens is 2.